The molecule has 0 saturated carbocycles. The number of hydrogen-bond acceptors (Lipinski definition) is 15. The minimum atomic E-state index is -5.67. The van der Waals surface area contributed by atoms with Crippen molar-refractivity contribution >= 4 is 15.6 Å². The molecule has 206 valence electrons. The van der Waals surface area contributed by atoms with Gasteiger partial charge in [0.15, 0.2) is 12.5 Å². The summed E-state index contributed by atoms with van der Waals surface area (Å²) in [7, 11) is -11.2. The zero-order valence-corrected chi connectivity index (χ0v) is 19.5. The largest absolute Gasteiger partial charge is 0.483 e. The molecular weight excluding hydrogens is 542 g/mol. The number of aliphatic hydroxyl groups excluding tert-OH is 6. The van der Waals surface area contributed by atoms with Crippen LogP contribution in [-0.2, 0) is 32.0 Å². The number of aromatic amines is 1. The number of phosphoric acid groups is 2. The van der Waals surface area contributed by atoms with Crippen LogP contribution < -0.4 is 11.2 Å². The molecule has 19 nitrogen and oxygen atoms in total. The first kappa shape index (κ1) is 27.6. The zero-order chi connectivity index (χ0) is 27.9. The molecule has 8 unspecified atom stereocenters. The average Bonchev–Trinajstić information content (AvgIpc) is 3.05. The standard InChI is InChI=1S/C15H24N2O17P2/c18-3-5-8(20)10(22)12(24)14(32-5)33-36(28,29)34-35(26,27)30-4-6-9(21)11(23)13(31-6)17-2-1-7(19)16-15(17)25/h1-2,5-6,8-14,18,20-24H,3-4H2,(H,26,27)(H,28,29)(H,16,19,25)/t5?,6-,8?,9-,10?,11-,12?,13-,14?/m1/s1/i3T/t3?,5?,6-,8?,9-,10?,11-,12?,13-,14?. The molecule has 3 heterocycles. The van der Waals surface area contributed by atoms with Crippen molar-refractivity contribution < 1.29 is 73.8 Å². The second-order valence-corrected chi connectivity index (χ2v) is 10.6. The fraction of sp³-hybridized carbons (Fsp3) is 0.733. The number of nitrogens with one attached hydrogen (secondary N) is 1. The predicted octanol–water partition coefficient (Wildman–Crippen LogP) is -4.79. The lowest BCUT2D eigenvalue weighted by Gasteiger charge is -2.39. The minimum absolute atomic E-state index is 0.710. The van der Waals surface area contributed by atoms with Crippen molar-refractivity contribution in [3.8, 4) is 0 Å². The van der Waals surface area contributed by atoms with Crippen molar-refractivity contribution in [3.05, 3.63) is 33.1 Å². The molecule has 0 amide bonds. The molecule has 2 aliphatic heterocycles. The quantitative estimate of drug-likeness (QED) is 0.126. The molecule has 12 atom stereocenters. The van der Waals surface area contributed by atoms with Gasteiger partial charge in [-0.2, -0.15) is 4.31 Å². The molecule has 0 radical (unpaired) electrons. The van der Waals surface area contributed by atoms with Gasteiger partial charge in [0.05, 0.1) is 14.6 Å². The molecule has 36 heavy (non-hydrogen) atoms. The summed E-state index contributed by atoms with van der Waals surface area (Å²) < 4.78 is 55.1. The topological polar surface area (TPSA) is 297 Å². The van der Waals surface area contributed by atoms with Crippen LogP contribution in [0.3, 0.4) is 0 Å². The van der Waals surface area contributed by atoms with Crippen molar-refractivity contribution in [2.75, 3.05) is 13.2 Å². The van der Waals surface area contributed by atoms with Gasteiger partial charge in [0.25, 0.3) is 5.56 Å². The Morgan fingerprint density at radius 2 is 1.61 bits per heavy atom. The van der Waals surface area contributed by atoms with Crippen molar-refractivity contribution in [2.45, 2.75) is 55.2 Å². The van der Waals surface area contributed by atoms with E-state index in [-0.39, 0.29) is 0 Å². The molecule has 9 N–H and O–H groups in total. The van der Waals surface area contributed by atoms with Crippen molar-refractivity contribution in [3.63, 3.8) is 0 Å². The molecule has 2 aliphatic rings. The van der Waals surface area contributed by atoms with E-state index in [9.17, 15) is 59.1 Å². The number of phosphoric ester groups is 2. The summed E-state index contributed by atoms with van der Waals surface area (Å²) in [6, 6.07) is 0.919. The number of aliphatic hydroxyl groups is 6. The fourth-order valence-corrected chi connectivity index (χ4v) is 5.44. The Kier molecular flexibility index (Phi) is 8.57. The lowest BCUT2D eigenvalue weighted by molar-refractivity contribution is -0.280. The highest BCUT2D eigenvalue weighted by molar-refractivity contribution is 7.61. The van der Waals surface area contributed by atoms with E-state index < -0.39 is 95.3 Å². The first-order valence-electron chi connectivity index (χ1n) is 10.4. The van der Waals surface area contributed by atoms with Gasteiger partial charge in [0.2, 0.25) is 0 Å². The van der Waals surface area contributed by atoms with Gasteiger partial charge in [0.1, 0.15) is 42.7 Å². The molecule has 0 spiro atoms. The number of hydrogen-bond donors (Lipinski definition) is 9. The number of aromatic nitrogens is 2. The van der Waals surface area contributed by atoms with Crippen molar-refractivity contribution in [1.29, 1.82) is 0 Å². The Balaban J connectivity index is 1.62. The Morgan fingerprint density at radius 1 is 0.972 bits per heavy atom. The summed E-state index contributed by atoms with van der Waals surface area (Å²) in [5.41, 5.74) is -1.77. The predicted molar refractivity (Wildman–Crippen MR) is 109 cm³/mol. The highest BCUT2D eigenvalue weighted by Crippen LogP contribution is 2.61. The highest BCUT2D eigenvalue weighted by atomic mass is 31.3. The summed E-state index contributed by atoms with van der Waals surface area (Å²) >= 11 is 0. The SMILES string of the molecule is [3H]C(O)C1OC(OP(=O)(O)OP(=O)(O)OC[C@H]2O[C@@H](n3ccc(=O)[nH]c3=O)[C@H](O)[C@@H]2O)C(O)C(O)C1O. The Labute approximate surface area is 201 Å². The molecule has 1 aromatic rings. The molecule has 0 aliphatic carbocycles. The van der Waals surface area contributed by atoms with Gasteiger partial charge >= 0.3 is 21.3 Å². The van der Waals surface area contributed by atoms with Crippen molar-refractivity contribution in [1.82, 2.24) is 9.55 Å². The minimum Gasteiger partial charge on any atom is -0.394 e. The third-order valence-corrected chi connectivity index (χ3v) is 7.66. The summed E-state index contributed by atoms with van der Waals surface area (Å²) in [6.45, 7) is -3.25. The van der Waals surface area contributed by atoms with Crippen LogP contribution in [0.1, 0.15) is 7.60 Å². The molecule has 2 fully saturated rings. The van der Waals surface area contributed by atoms with Crippen LogP contribution in [0.15, 0.2) is 21.9 Å². The average molecular weight is 568 g/mol. The van der Waals surface area contributed by atoms with E-state index in [4.69, 9.17) is 10.8 Å². The van der Waals surface area contributed by atoms with Gasteiger partial charge in [-0.25, -0.2) is 13.9 Å². The summed E-state index contributed by atoms with van der Waals surface area (Å²) in [4.78, 5) is 44.5. The Hall–Kier alpha value is -1.38. The van der Waals surface area contributed by atoms with Gasteiger partial charge < -0.3 is 49.9 Å². The first-order chi connectivity index (χ1) is 17.0. The van der Waals surface area contributed by atoms with E-state index in [2.05, 4.69) is 13.4 Å². The number of H-pyrrole nitrogens is 1. The summed E-state index contributed by atoms with van der Waals surface area (Å²) in [5.74, 6) is 0. The van der Waals surface area contributed by atoms with Gasteiger partial charge in [0, 0.05) is 12.3 Å². The highest BCUT2D eigenvalue weighted by Gasteiger charge is 2.49. The van der Waals surface area contributed by atoms with E-state index in [1.165, 1.54) is 0 Å². The summed E-state index contributed by atoms with van der Waals surface area (Å²) in [5, 5.41) is 58.8. The third-order valence-electron chi connectivity index (χ3n) is 5.06. The van der Waals surface area contributed by atoms with Crippen LogP contribution in [0.25, 0.3) is 0 Å². The zero-order valence-electron chi connectivity index (χ0n) is 18.7. The van der Waals surface area contributed by atoms with Gasteiger partial charge in [-0.1, -0.05) is 0 Å². The maximum absolute atomic E-state index is 12.2. The van der Waals surface area contributed by atoms with E-state index in [1.54, 1.807) is 0 Å². The van der Waals surface area contributed by atoms with Crippen LogP contribution >= 0.6 is 15.6 Å². The Morgan fingerprint density at radius 3 is 2.22 bits per heavy atom. The van der Waals surface area contributed by atoms with E-state index in [0.717, 1.165) is 12.3 Å². The molecule has 1 aromatic heterocycles. The maximum atomic E-state index is 12.2. The fourth-order valence-electron chi connectivity index (χ4n) is 3.28. The summed E-state index contributed by atoms with van der Waals surface area (Å²) in [6.07, 6.45) is -16.4. The monoisotopic (exact) mass is 568 g/mol. The third kappa shape index (κ3) is 6.54. The molecule has 3 rings (SSSR count). The van der Waals surface area contributed by atoms with Gasteiger partial charge in [-0.05, 0) is 0 Å². The van der Waals surface area contributed by atoms with Gasteiger partial charge in [-0.3, -0.25) is 23.4 Å². The number of nitrogens with zero attached hydrogens (tertiary/aromatic N) is 1. The van der Waals surface area contributed by atoms with Gasteiger partial charge in [-0.15, -0.1) is 0 Å². The molecule has 0 bridgehead atoms. The van der Waals surface area contributed by atoms with Crippen LogP contribution in [-0.4, -0.2) is 112 Å². The smallest absolute Gasteiger partial charge is 0.394 e. The number of rotatable bonds is 9. The maximum Gasteiger partial charge on any atom is 0.483 e. The van der Waals surface area contributed by atoms with Crippen LogP contribution in [0, 0.1) is 0 Å². The first-order valence-corrected chi connectivity index (χ1v) is 12.8. The van der Waals surface area contributed by atoms with E-state index in [1.807, 2.05) is 4.98 Å². The molecule has 21 heteroatoms. The molecule has 0 aromatic carbocycles. The van der Waals surface area contributed by atoms with Crippen LogP contribution in [0.5, 0.6) is 0 Å². The van der Waals surface area contributed by atoms with E-state index in [0.29, 0.717) is 4.57 Å². The molecule has 2 saturated heterocycles. The Bertz CT molecular complexity index is 1160. The number of ether oxygens (including phenoxy) is 2. The molecular formula is C15H24N2O17P2. The van der Waals surface area contributed by atoms with Crippen LogP contribution in [0.4, 0.5) is 0 Å². The second kappa shape index (κ2) is 11.2. The van der Waals surface area contributed by atoms with Crippen LogP contribution in [0.2, 0.25) is 0 Å². The lowest BCUT2D eigenvalue weighted by Crippen LogP contribution is -2.58. The normalized spacial score (nSPS) is 39.7. The van der Waals surface area contributed by atoms with Crippen molar-refractivity contribution in [2.24, 2.45) is 0 Å². The van der Waals surface area contributed by atoms with E-state index >= 15 is 0 Å². The second-order valence-electron chi connectivity index (χ2n) is 7.57. The lowest BCUT2D eigenvalue weighted by atomic mass is 10.00.